The molecule has 3 atom stereocenters. The van der Waals surface area contributed by atoms with Gasteiger partial charge >= 0.3 is 0 Å². The molecule has 110 valence electrons. The number of carbonyl (C=O) groups is 1. The largest absolute Gasteiger partial charge is 0.381 e. The molecule has 1 heterocycles. The van der Waals surface area contributed by atoms with Gasteiger partial charge in [0.05, 0.1) is 0 Å². The summed E-state index contributed by atoms with van der Waals surface area (Å²) in [4.78, 5) is 12.6. The number of hydrogen-bond donors (Lipinski definition) is 1. The molecule has 1 aliphatic heterocycles. The first kappa shape index (κ1) is 14.8. The van der Waals surface area contributed by atoms with Crippen LogP contribution < -0.4 is 5.32 Å². The molecule has 0 radical (unpaired) electrons. The van der Waals surface area contributed by atoms with E-state index < -0.39 is 0 Å². The minimum Gasteiger partial charge on any atom is -0.381 e. The van der Waals surface area contributed by atoms with E-state index in [4.69, 9.17) is 4.74 Å². The molecule has 0 aromatic rings. The van der Waals surface area contributed by atoms with Crippen molar-refractivity contribution in [3.8, 4) is 0 Å². The van der Waals surface area contributed by atoms with Crippen LogP contribution in [-0.4, -0.2) is 25.2 Å². The Kier molecular flexibility index (Phi) is 5.26. The highest BCUT2D eigenvalue weighted by Gasteiger charge is 2.36. The van der Waals surface area contributed by atoms with Gasteiger partial charge in [0.2, 0.25) is 5.91 Å². The van der Waals surface area contributed by atoms with Crippen LogP contribution in [0.4, 0.5) is 0 Å². The maximum absolute atomic E-state index is 12.6. The lowest BCUT2D eigenvalue weighted by molar-refractivity contribution is -0.130. The number of ether oxygens (including phenoxy) is 1. The van der Waals surface area contributed by atoms with Gasteiger partial charge in [-0.15, -0.1) is 0 Å². The van der Waals surface area contributed by atoms with Gasteiger partial charge in [0, 0.05) is 25.2 Å². The standard InChI is InChI=1S/C16H29NO2/c1-11(2)14-5-4-12(3)10-15(14)16(18)17-13-6-8-19-9-7-13/h11-15H,4-10H2,1-3H3,(H,17,18)/t12-,14+,15-/m1/s1. The monoisotopic (exact) mass is 267 g/mol. The fourth-order valence-corrected chi connectivity index (χ4v) is 3.65. The molecular weight excluding hydrogens is 238 g/mol. The Morgan fingerprint density at radius 1 is 1.16 bits per heavy atom. The van der Waals surface area contributed by atoms with Crippen LogP contribution in [-0.2, 0) is 9.53 Å². The van der Waals surface area contributed by atoms with Crippen molar-refractivity contribution in [3.63, 3.8) is 0 Å². The first-order chi connectivity index (χ1) is 9.08. The lowest BCUT2D eigenvalue weighted by Gasteiger charge is -2.37. The van der Waals surface area contributed by atoms with E-state index in [9.17, 15) is 4.79 Å². The maximum atomic E-state index is 12.6. The Labute approximate surface area is 117 Å². The van der Waals surface area contributed by atoms with Crippen molar-refractivity contribution in [1.82, 2.24) is 5.32 Å². The molecule has 1 aliphatic carbocycles. The van der Waals surface area contributed by atoms with Crippen LogP contribution >= 0.6 is 0 Å². The third-order valence-corrected chi connectivity index (χ3v) is 4.93. The molecule has 2 fully saturated rings. The molecule has 3 heteroatoms. The third-order valence-electron chi connectivity index (χ3n) is 4.93. The van der Waals surface area contributed by atoms with Crippen molar-refractivity contribution >= 4 is 5.91 Å². The molecule has 0 unspecified atom stereocenters. The van der Waals surface area contributed by atoms with Crippen LogP contribution in [0, 0.1) is 23.7 Å². The summed E-state index contributed by atoms with van der Waals surface area (Å²) in [6.07, 6.45) is 5.51. The molecule has 0 bridgehead atoms. The fraction of sp³-hybridized carbons (Fsp3) is 0.938. The van der Waals surface area contributed by atoms with E-state index >= 15 is 0 Å². The van der Waals surface area contributed by atoms with Gasteiger partial charge in [0.25, 0.3) is 0 Å². The van der Waals surface area contributed by atoms with E-state index in [0.29, 0.717) is 29.7 Å². The number of rotatable bonds is 3. The minimum absolute atomic E-state index is 0.228. The molecule has 1 N–H and O–H groups in total. The lowest BCUT2D eigenvalue weighted by atomic mass is 9.69. The Morgan fingerprint density at radius 3 is 2.47 bits per heavy atom. The maximum Gasteiger partial charge on any atom is 0.223 e. The first-order valence-electron chi connectivity index (χ1n) is 7.96. The van der Waals surface area contributed by atoms with E-state index in [2.05, 4.69) is 26.1 Å². The Balaban J connectivity index is 1.93. The molecule has 0 aromatic heterocycles. The number of amides is 1. The normalized spacial score (nSPS) is 33.4. The zero-order chi connectivity index (χ0) is 13.8. The molecule has 0 spiro atoms. The van der Waals surface area contributed by atoms with Crippen LogP contribution in [0.5, 0.6) is 0 Å². The van der Waals surface area contributed by atoms with E-state index in [1.165, 1.54) is 12.8 Å². The number of nitrogens with one attached hydrogen (secondary N) is 1. The zero-order valence-corrected chi connectivity index (χ0v) is 12.7. The predicted molar refractivity (Wildman–Crippen MR) is 76.8 cm³/mol. The zero-order valence-electron chi connectivity index (χ0n) is 12.7. The van der Waals surface area contributed by atoms with Crippen molar-refractivity contribution in [2.45, 2.75) is 58.9 Å². The summed E-state index contributed by atoms with van der Waals surface area (Å²) < 4.78 is 5.35. The minimum atomic E-state index is 0.228. The summed E-state index contributed by atoms with van der Waals surface area (Å²) in [5.41, 5.74) is 0. The predicted octanol–water partition coefficient (Wildman–Crippen LogP) is 2.99. The Hall–Kier alpha value is -0.570. The van der Waals surface area contributed by atoms with E-state index in [0.717, 1.165) is 32.5 Å². The van der Waals surface area contributed by atoms with Crippen molar-refractivity contribution in [3.05, 3.63) is 0 Å². The SMILES string of the molecule is CC(C)[C@@H]1CC[C@@H](C)C[C@H]1C(=O)NC1CCOCC1. The quantitative estimate of drug-likeness (QED) is 0.853. The molecular formula is C16H29NO2. The second-order valence-electron chi connectivity index (χ2n) is 6.83. The first-order valence-corrected chi connectivity index (χ1v) is 7.96. The second kappa shape index (κ2) is 6.74. The molecule has 2 aliphatic rings. The average molecular weight is 267 g/mol. The van der Waals surface area contributed by atoms with Gasteiger partial charge in [-0.25, -0.2) is 0 Å². The van der Waals surface area contributed by atoms with E-state index in [-0.39, 0.29) is 5.92 Å². The Bertz CT molecular complexity index is 297. The molecule has 0 aromatic carbocycles. The summed E-state index contributed by atoms with van der Waals surface area (Å²) >= 11 is 0. The summed E-state index contributed by atoms with van der Waals surface area (Å²) in [5, 5.41) is 3.28. The lowest BCUT2D eigenvalue weighted by Crippen LogP contribution is -2.46. The van der Waals surface area contributed by atoms with Gasteiger partial charge in [-0.1, -0.05) is 27.2 Å². The van der Waals surface area contributed by atoms with Gasteiger partial charge in [0.15, 0.2) is 0 Å². The molecule has 19 heavy (non-hydrogen) atoms. The summed E-state index contributed by atoms with van der Waals surface area (Å²) in [6.45, 7) is 8.38. The highest BCUT2D eigenvalue weighted by molar-refractivity contribution is 5.79. The van der Waals surface area contributed by atoms with Crippen molar-refractivity contribution in [2.24, 2.45) is 23.7 Å². The molecule has 1 saturated heterocycles. The van der Waals surface area contributed by atoms with Crippen LogP contribution in [0.1, 0.15) is 52.9 Å². The molecule has 1 amide bonds. The average Bonchev–Trinajstić information content (AvgIpc) is 2.39. The highest BCUT2D eigenvalue weighted by atomic mass is 16.5. The fourth-order valence-electron chi connectivity index (χ4n) is 3.65. The molecule has 3 nitrogen and oxygen atoms in total. The van der Waals surface area contributed by atoms with Crippen LogP contribution in [0.3, 0.4) is 0 Å². The van der Waals surface area contributed by atoms with Crippen molar-refractivity contribution in [1.29, 1.82) is 0 Å². The van der Waals surface area contributed by atoms with E-state index in [1.54, 1.807) is 0 Å². The summed E-state index contributed by atoms with van der Waals surface area (Å²) in [5.74, 6) is 2.40. The number of carbonyl (C=O) groups excluding carboxylic acids is 1. The van der Waals surface area contributed by atoms with Crippen molar-refractivity contribution in [2.75, 3.05) is 13.2 Å². The van der Waals surface area contributed by atoms with Gasteiger partial charge in [0.1, 0.15) is 0 Å². The van der Waals surface area contributed by atoms with Gasteiger partial charge in [-0.2, -0.15) is 0 Å². The van der Waals surface area contributed by atoms with Crippen molar-refractivity contribution < 1.29 is 9.53 Å². The second-order valence-corrected chi connectivity index (χ2v) is 6.83. The van der Waals surface area contributed by atoms with Gasteiger partial charge < -0.3 is 10.1 Å². The smallest absolute Gasteiger partial charge is 0.223 e. The summed E-state index contributed by atoms with van der Waals surface area (Å²) in [6, 6.07) is 0.339. The van der Waals surface area contributed by atoms with Gasteiger partial charge in [-0.05, 0) is 43.4 Å². The van der Waals surface area contributed by atoms with Crippen LogP contribution in [0.2, 0.25) is 0 Å². The number of hydrogen-bond acceptors (Lipinski definition) is 2. The van der Waals surface area contributed by atoms with E-state index in [1.807, 2.05) is 0 Å². The Morgan fingerprint density at radius 2 is 1.84 bits per heavy atom. The molecule has 2 rings (SSSR count). The van der Waals surface area contributed by atoms with Gasteiger partial charge in [-0.3, -0.25) is 4.79 Å². The van der Waals surface area contributed by atoms with Crippen LogP contribution in [0.15, 0.2) is 0 Å². The van der Waals surface area contributed by atoms with Crippen LogP contribution in [0.25, 0.3) is 0 Å². The topological polar surface area (TPSA) is 38.3 Å². The summed E-state index contributed by atoms with van der Waals surface area (Å²) in [7, 11) is 0. The molecule has 1 saturated carbocycles. The highest BCUT2D eigenvalue weighted by Crippen LogP contribution is 2.38. The third kappa shape index (κ3) is 3.95.